The van der Waals surface area contributed by atoms with E-state index in [0.717, 1.165) is 46.1 Å². The Hall–Kier alpha value is -3.21. The van der Waals surface area contributed by atoms with Crippen molar-refractivity contribution in [3.05, 3.63) is 107 Å². The molecule has 0 saturated carbocycles. The van der Waals surface area contributed by atoms with Gasteiger partial charge >= 0.3 is 0 Å². The van der Waals surface area contributed by atoms with Crippen LogP contribution in [0.15, 0.2) is 78.9 Å². The van der Waals surface area contributed by atoms with Crippen LogP contribution in [-0.2, 0) is 13.0 Å². The van der Waals surface area contributed by atoms with Gasteiger partial charge in [-0.15, -0.1) is 0 Å². The first-order chi connectivity index (χ1) is 16.1. The minimum absolute atomic E-state index is 0.0124. The third kappa shape index (κ3) is 4.37. The summed E-state index contributed by atoms with van der Waals surface area (Å²) in [6.07, 6.45) is 1.78. The van der Waals surface area contributed by atoms with E-state index < -0.39 is 6.10 Å². The zero-order chi connectivity index (χ0) is 22.8. The van der Waals surface area contributed by atoms with E-state index in [1.165, 1.54) is 5.56 Å². The molecule has 5 rings (SSSR count). The molecular formula is C29H30N2O2. The summed E-state index contributed by atoms with van der Waals surface area (Å²) in [4.78, 5) is 12.9. The highest BCUT2D eigenvalue weighted by Gasteiger charge is 2.27. The van der Waals surface area contributed by atoms with E-state index in [2.05, 4.69) is 59.3 Å². The molecule has 1 heterocycles. The van der Waals surface area contributed by atoms with Crippen LogP contribution in [0.25, 0.3) is 10.9 Å². The molecule has 0 amide bonds. The number of aliphatic hydroxyl groups is 1. The number of aliphatic hydroxyl groups excluding tert-OH is 1. The van der Waals surface area contributed by atoms with Gasteiger partial charge in [-0.3, -0.25) is 4.79 Å². The quantitative estimate of drug-likeness (QED) is 0.417. The van der Waals surface area contributed by atoms with Crippen LogP contribution < -0.4 is 5.32 Å². The number of Topliss-reactive ketones (excluding diaryl/α,β-unsaturated/α-hetero) is 1. The lowest BCUT2D eigenvalue weighted by molar-refractivity contribution is 0.0956. The number of aryl methyl sites for hydroxylation is 2. The fraction of sp³-hybridized carbons (Fsp3) is 0.276. The summed E-state index contributed by atoms with van der Waals surface area (Å²) in [6, 6.07) is 26.9. The molecule has 33 heavy (non-hydrogen) atoms. The van der Waals surface area contributed by atoms with Crippen molar-refractivity contribution < 1.29 is 9.90 Å². The topological polar surface area (TPSA) is 54.3 Å². The number of carbonyl (C=O) groups is 1. The summed E-state index contributed by atoms with van der Waals surface area (Å²) >= 11 is 0. The van der Waals surface area contributed by atoms with Gasteiger partial charge in [0.2, 0.25) is 0 Å². The Morgan fingerprint density at radius 3 is 2.27 bits per heavy atom. The Kier molecular flexibility index (Phi) is 6.12. The monoisotopic (exact) mass is 438 g/mol. The Morgan fingerprint density at radius 2 is 1.61 bits per heavy atom. The fourth-order valence-electron chi connectivity index (χ4n) is 5.09. The second-order valence-corrected chi connectivity index (χ2v) is 9.05. The third-order valence-electron chi connectivity index (χ3n) is 6.64. The second kappa shape index (κ2) is 9.34. The molecule has 1 atom stereocenters. The predicted octanol–water partition coefficient (Wildman–Crippen LogP) is 5.21. The first-order valence-electron chi connectivity index (χ1n) is 11.8. The maximum absolute atomic E-state index is 12.9. The normalized spacial score (nSPS) is 14.6. The SMILES string of the molecule is Cc1ccc2c(c1)c1c(n2C[C@@H](O)CNC(c2ccccc2)c2ccccc2)C(=O)CCC1. The van der Waals surface area contributed by atoms with Crippen molar-refractivity contribution in [1.29, 1.82) is 0 Å². The summed E-state index contributed by atoms with van der Waals surface area (Å²) in [5.41, 5.74) is 6.50. The van der Waals surface area contributed by atoms with Gasteiger partial charge in [-0.1, -0.05) is 72.3 Å². The molecule has 1 aromatic heterocycles. The van der Waals surface area contributed by atoms with Crippen LogP contribution in [0.3, 0.4) is 0 Å². The van der Waals surface area contributed by atoms with Gasteiger partial charge in [-0.25, -0.2) is 0 Å². The number of ketones is 1. The van der Waals surface area contributed by atoms with Gasteiger partial charge in [0, 0.05) is 23.9 Å². The van der Waals surface area contributed by atoms with E-state index in [9.17, 15) is 9.90 Å². The van der Waals surface area contributed by atoms with E-state index in [-0.39, 0.29) is 11.8 Å². The fourth-order valence-corrected chi connectivity index (χ4v) is 5.09. The first kappa shape index (κ1) is 21.6. The molecule has 1 aliphatic rings. The molecule has 0 spiro atoms. The van der Waals surface area contributed by atoms with E-state index >= 15 is 0 Å². The molecule has 0 aliphatic heterocycles. The Bertz CT molecular complexity index is 1220. The maximum Gasteiger partial charge on any atom is 0.179 e. The van der Waals surface area contributed by atoms with Crippen LogP contribution in [-0.4, -0.2) is 28.1 Å². The molecule has 4 aromatic rings. The van der Waals surface area contributed by atoms with Gasteiger partial charge in [0.05, 0.1) is 24.4 Å². The first-order valence-corrected chi connectivity index (χ1v) is 11.8. The number of rotatable bonds is 7. The van der Waals surface area contributed by atoms with Crippen molar-refractivity contribution in [3.63, 3.8) is 0 Å². The molecular weight excluding hydrogens is 408 g/mol. The highest BCUT2D eigenvalue weighted by molar-refractivity contribution is 6.04. The number of benzene rings is 3. The molecule has 0 radical (unpaired) electrons. The number of aromatic nitrogens is 1. The maximum atomic E-state index is 12.9. The van der Waals surface area contributed by atoms with Gasteiger partial charge in [0.1, 0.15) is 0 Å². The number of hydrogen-bond acceptors (Lipinski definition) is 3. The van der Waals surface area contributed by atoms with Gasteiger partial charge in [-0.05, 0) is 48.6 Å². The second-order valence-electron chi connectivity index (χ2n) is 9.05. The number of nitrogens with one attached hydrogen (secondary N) is 1. The molecule has 0 fully saturated rings. The molecule has 2 N–H and O–H groups in total. The number of nitrogens with zero attached hydrogens (tertiary/aromatic N) is 1. The largest absolute Gasteiger partial charge is 0.390 e. The van der Waals surface area contributed by atoms with Crippen molar-refractivity contribution in [2.45, 2.75) is 44.9 Å². The average Bonchev–Trinajstić information content (AvgIpc) is 3.14. The molecule has 1 aliphatic carbocycles. The van der Waals surface area contributed by atoms with Gasteiger partial charge < -0.3 is 15.0 Å². The van der Waals surface area contributed by atoms with Crippen LogP contribution in [0.1, 0.15) is 51.6 Å². The van der Waals surface area contributed by atoms with Crippen molar-refractivity contribution in [2.24, 2.45) is 0 Å². The highest BCUT2D eigenvalue weighted by atomic mass is 16.3. The van der Waals surface area contributed by atoms with E-state index in [1.54, 1.807) is 0 Å². The molecule has 0 saturated heterocycles. The van der Waals surface area contributed by atoms with Crippen molar-refractivity contribution in [3.8, 4) is 0 Å². The molecule has 4 heteroatoms. The lowest BCUT2D eigenvalue weighted by Gasteiger charge is -2.23. The minimum Gasteiger partial charge on any atom is -0.390 e. The van der Waals surface area contributed by atoms with Gasteiger partial charge in [0.15, 0.2) is 5.78 Å². The van der Waals surface area contributed by atoms with Crippen LogP contribution in [0, 0.1) is 6.92 Å². The van der Waals surface area contributed by atoms with Gasteiger partial charge in [0.25, 0.3) is 0 Å². The number of carbonyl (C=O) groups excluding carboxylic acids is 1. The molecule has 4 nitrogen and oxygen atoms in total. The van der Waals surface area contributed by atoms with Crippen LogP contribution in [0.5, 0.6) is 0 Å². The Labute approximate surface area is 194 Å². The number of fused-ring (bicyclic) bond motifs is 3. The Balaban J connectivity index is 1.41. The summed E-state index contributed by atoms with van der Waals surface area (Å²) < 4.78 is 2.05. The minimum atomic E-state index is -0.629. The summed E-state index contributed by atoms with van der Waals surface area (Å²) in [7, 11) is 0. The van der Waals surface area contributed by atoms with E-state index in [4.69, 9.17) is 0 Å². The molecule has 0 unspecified atom stereocenters. The predicted molar refractivity (Wildman–Crippen MR) is 133 cm³/mol. The standard InChI is InChI=1S/C29H30N2O2/c1-20-15-16-26-25(17-20)24-13-8-14-27(33)29(24)31(26)19-23(32)18-30-28(21-9-4-2-5-10-21)22-11-6-3-7-12-22/h2-7,9-12,15-17,23,28,30,32H,8,13-14,18-19H2,1H3/t23-/m0/s1. The zero-order valence-corrected chi connectivity index (χ0v) is 19.0. The average molecular weight is 439 g/mol. The highest BCUT2D eigenvalue weighted by Crippen LogP contribution is 2.33. The van der Waals surface area contributed by atoms with E-state index in [1.807, 2.05) is 36.4 Å². The number of hydrogen-bond donors (Lipinski definition) is 2. The van der Waals surface area contributed by atoms with Crippen molar-refractivity contribution in [2.75, 3.05) is 6.54 Å². The Morgan fingerprint density at radius 1 is 0.939 bits per heavy atom. The lowest BCUT2D eigenvalue weighted by atomic mass is 9.94. The van der Waals surface area contributed by atoms with E-state index in [0.29, 0.717) is 19.5 Å². The zero-order valence-electron chi connectivity index (χ0n) is 19.0. The summed E-state index contributed by atoms with van der Waals surface area (Å²) in [5, 5.41) is 15.8. The van der Waals surface area contributed by atoms with Crippen LogP contribution in [0.2, 0.25) is 0 Å². The summed E-state index contributed by atoms with van der Waals surface area (Å²) in [5.74, 6) is 0.191. The van der Waals surface area contributed by atoms with Crippen LogP contribution >= 0.6 is 0 Å². The smallest absolute Gasteiger partial charge is 0.179 e. The molecule has 3 aromatic carbocycles. The molecule has 168 valence electrons. The van der Waals surface area contributed by atoms with Gasteiger partial charge in [-0.2, -0.15) is 0 Å². The third-order valence-corrected chi connectivity index (χ3v) is 6.64. The molecule has 0 bridgehead atoms. The van der Waals surface area contributed by atoms with Crippen LogP contribution in [0.4, 0.5) is 0 Å². The van der Waals surface area contributed by atoms with Crippen molar-refractivity contribution in [1.82, 2.24) is 9.88 Å². The summed E-state index contributed by atoms with van der Waals surface area (Å²) in [6.45, 7) is 2.90. The van der Waals surface area contributed by atoms with Crippen molar-refractivity contribution >= 4 is 16.7 Å². The lowest BCUT2D eigenvalue weighted by Crippen LogP contribution is -2.34.